The number of carbonyl (C=O) groups is 1. The van der Waals surface area contributed by atoms with Crippen LogP contribution in [-0.2, 0) is 17.6 Å². The molecule has 0 amide bonds. The van der Waals surface area contributed by atoms with Crippen LogP contribution in [0, 0.1) is 0 Å². The Morgan fingerprint density at radius 3 is 2.67 bits per heavy atom. The highest BCUT2D eigenvalue weighted by molar-refractivity contribution is 5.85. The number of halogens is 1. The summed E-state index contributed by atoms with van der Waals surface area (Å²) in [6, 6.07) is 1.26. The minimum atomic E-state index is -0.487. The highest BCUT2D eigenvalue weighted by Gasteiger charge is 2.29. The van der Waals surface area contributed by atoms with Crippen molar-refractivity contribution >= 4 is 18.5 Å². The second-order valence-electron chi connectivity index (χ2n) is 6.91. The van der Waals surface area contributed by atoms with Crippen LogP contribution < -0.4 is 5.32 Å². The quantitative estimate of drug-likeness (QED) is 0.912. The Labute approximate surface area is 131 Å². The van der Waals surface area contributed by atoms with Crippen molar-refractivity contribution < 1.29 is 9.53 Å². The molecule has 0 aliphatic heterocycles. The van der Waals surface area contributed by atoms with E-state index in [0.29, 0.717) is 6.04 Å². The Balaban J connectivity index is 0.00000161. The van der Waals surface area contributed by atoms with Crippen LogP contribution in [0.25, 0.3) is 0 Å². The number of aromatic nitrogens is 2. The van der Waals surface area contributed by atoms with Crippen molar-refractivity contribution in [2.45, 2.75) is 70.6 Å². The summed E-state index contributed by atoms with van der Waals surface area (Å²) < 4.78 is 6.71. The fraction of sp³-hybridized carbons (Fsp3) is 0.733. The van der Waals surface area contributed by atoms with Gasteiger partial charge in [-0.3, -0.25) is 0 Å². The number of rotatable bonds is 2. The molecule has 6 heteroatoms. The Morgan fingerprint density at radius 1 is 1.33 bits per heavy atom. The van der Waals surface area contributed by atoms with Crippen molar-refractivity contribution in [3.63, 3.8) is 0 Å². The summed E-state index contributed by atoms with van der Waals surface area (Å²) in [6.45, 7) is 5.59. The lowest BCUT2D eigenvalue weighted by molar-refractivity contribution is 0.0514. The lowest BCUT2D eigenvalue weighted by Gasteiger charge is -2.22. The second kappa shape index (κ2) is 5.97. The van der Waals surface area contributed by atoms with Crippen molar-refractivity contribution in [3.8, 4) is 0 Å². The molecule has 0 spiro atoms. The van der Waals surface area contributed by atoms with Gasteiger partial charge in [0.25, 0.3) is 0 Å². The zero-order valence-corrected chi connectivity index (χ0v) is 13.7. The summed E-state index contributed by atoms with van der Waals surface area (Å²) in [5, 5.41) is 8.04. The van der Waals surface area contributed by atoms with Gasteiger partial charge in [-0.1, -0.05) is 0 Å². The Hall–Kier alpha value is -1.07. The highest BCUT2D eigenvalue weighted by atomic mass is 35.5. The number of carbonyl (C=O) groups excluding carboxylic acids is 1. The first-order valence-corrected chi connectivity index (χ1v) is 7.47. The van der Waals surface area contributed by atoms with Crippen molar-refractivity contribution in [1.29, 1.82) is 0 Å². The van der Waals surface area contributed by atoms with E-state index in [1.807, 2.05) is 27.0 Å². The summed E-state index contributed by atoms with van der Waals surface area (Å²) in [4.78, 5) is 12.0. The maximum Gasteiger partial charge on any atom is 0.435 e. The molecule has 21 heavy (non-hydrogen) atoms. The number of ether oxygens (including phenoxy) is 1. The fourth-order valence-corrected chi connectivity index (χ4v) is 2.63. The zero-order chi connectivity index (χ0) is 14.3. The minimum absolute atomic E-state index is 0. The van der Waals surface area contributed by atoms with E-state index in [0.717, 1.165) is 31.0 Å². The highest BCUT2D eigenvalue weighted by Crippen LogP contribution is 2.25. The minimum Gasteiger partial charge on any atom is -0.442 e. The van der Waals surface area contributed by atoms with Gasteiger partial charge in [-0.15, -0.1) is 12.4 Å². The fourth-order valence-electron chi connectivity index (χ4n) is 2.63. The van der Waals surface area contributed by atoms with Crippen molar-refractivity contribution in [1.82, 2.24) is 15.1 Å². The van der Waals surface area contributed by atoms with E-state index < -0.39 is 11.7 Å². The van der Waals surface area contributed by atoms with Crippen LogP contribution >= 0.6 is 12.4 Å². The molecule has 1 N–H and O–H groups in total. The first-order valence-electron chi connectivity index (χ1n) is 7.47. The van der Waals surface area contributed by atoms with Gasteiger partial charge in [0, 0.05) is 18.3 Å². The summed E-state index contributed by atoms with van der Waals surface area (Å²) in [5.41, 5.74) is 1.74. The van der Waals surface area contributed by atoms with Crippen LogP contribution in [0.3, 0.4) is 0 Å². The molecule has 2 aliphatic rings. The average molecular weight is 314 g/mol. The SMILES string of the molecule is CC(C)(C)OC(=O)n1cc2c(n1)CCC(NC1CC1)C2.Cl. The van der Waals surface area contributed by atoms with Gasteiger partial charge in [0.2, 0.25) is 0 Å². The Bertz CT molecular complexity index is 517. The van der Waals surface area contributed by atoms with Crippen LogP contribution in [0.1, 0.15) is 51.3 Å². The number of aryl methyl sites for hydroxylation is 1. The lowest BCUT2D eigenvalue weighted by atomic mass is 9.93. The smallest absolute Gasteiger partial charge is 0.435 e. The number of hydrogen-bond donors (Lipinski definition) is 1. The van der Waals surface area contributed by atoms with Crippen LogP contribution in [-0.4, -0.2) is 33.6 Å². The van der Waals surface area contributed by atoms with Crippen molar-refractivity contribution in [2.24, 2.45) is 0 Å². The monoisotopic (exact) mass is 313 g/mol. The summed E-state index contributed by atoms with van der Waals surface area (Å²) >= 11 is 0. The molecule has 1 unspecified atom stereocenters. The van der Waals surface area contributed by atoms with E-state index in [1.54, 1.807) is 0 Å². The molecule has 118 valence electrons. The molecule has 0 radical (unpaired) electrons. The molecule has 2 aliphatic carbocycles. The molecule has 1 heterocycles. The van der Waals surface area contributed by atoms with Crippen molar-refractivity contribution in [3.05, 3.63) is 17.5 Å². The van der Waals surface area contributed by atoms with Gasteiger partial charge in [-0.05, 0) is 58.4 Å². The van der Waals surface area contributed by atoms with E-state index in [9.17, 15) is 4.79 Å². The van der Waals surface area contributed by atoms with E-state index in [2.05, 4.69) is 10.4 Å². The zero-order valence-electron chi connectivity index (χ0n) is 12.9. The average Bonchev–Trinajstić information content (AvgIpc) is 3.03. The Kier molecular flexibility index (Phi) is 4.63. The molecular weight excluding hydrogens is 290 g/mol. The van der Waals surface area contributed by atoms with Gasteiger partial charge in [-0.25, -0.2) is 4.79 Å². The summed E-state index contributed by atoms with van der Waals surface area (Å²) in [7, 11) is 0. The first kappa shape index (κ1) is 16.3. The van der Waals surface area contributed by atoms with Gasteiger partial charge in [-0.2, -0.15) is 9.78 Å². The number of nitrogens with zero attached hydrogens (tertiary/aromatic N) is 2. The first-order chi connectivity index (χ1) is 9.40. The van der Waals surface area contributed by atoms with Gasteiger partial charge >= 0.3 is 6.09 Å². The normalized spacial score (nSPS) is 21.4. The molecule has 1 saturated carbocycles. The second-order valence-corrected chi connectivity index (χ2v) is 6.91. The topological polar surface area (TPSA) is 56.2 Å². The van der Waals surface area contributed by atoms with E-state index in [-0.39, 0.29) is 12.4 Å². The molecule has 1 atom stereocenters. The number of fused-ring (bicyclic) bond motifs is 1. The third-order valence-corrected chi connectivity index (χ3v) is 3.70. The largest absolute Gasteiger partial charge is 0.442 e. The predicted molar refractivity (Wildman–Crippen MR) is 83.1 cm³/mol. The third-order valence-electron chi connectivity index (χ3n) is 3.70. The number of hydrogen-bond acceptors (Lipinski definition) is 4. The van der Waals surface area contributed by atoms with Crippen LogP contribution in [0.5, 0.6) is 0 Å². The van der Waals surface area contributed by atoms with E-state index >= 15 is 0 Å². The van der Waals surface area contributed by atoms with Crippen LogP contribution in [0.2, 0.25) is 0 Å². The molecule has 1 fully saturated rings. The van der Waals surface area contributed by atoms with E-state index in [1.165, 1.54) is 23.1 Å². The molecule has 0 aromatic carbocycles. The maximum atomic E-state index is 12.0. The summed E-state index contributed by atoms with van der Waals surface area (Å²) in [6.07, 6.45) is 7.07. The lowest BCUT2D eigenvalue weighted by Crippen LogP contribution is -2.35. The molecular formula is C15H24ClN3O2. The van der Waals surface area contributed by atoms with E-state index in [4.69, 9.17) is 4.74 Å². The summed E-state index contributed by atoms with van der Waals surface area (Å²) in [5.74, 6) is 0. The van der Waals surface area contributed by atoms with Gasteiger partial charge in [0.15, 0.2) is 0 Å². The van der Waals surface area contributed by atoms with Gasteiger partial charge < -0.3 is 10.1 Å². The maximum absolute atomic E-state index is 12.0. The molecule has 0 bridgehead atoms. The molecule has 3 rings (SSSR count). The predicted octanol–water partition coefficient (Wildman–Crippen LogP) is 2.70. The molecule has 1 aromatic rings. The van der Waals surface area contributed by atoms with Crippen LogP contribution in [0.4, 0.5) is 4.79 Å². The van der Waals surface area contributed by atoms with Gasteiger partial charge in [0.05, 0.1) is 5.69 Å². The third kappa shape index (κ3) is 4.20. The Morgan fingerprint density at radius 2 is 2.05 bits per heavy atom. The molecule has 0 saturated heterocycles. The van der Waals surface area contributed by atoms with Crippen molar-refractivity contribution in [2.75, 3.05) is 0 Å². The van der Waals surface area contributed by atoms with Crippen LogP contribution in [0.15, 0.2) is 6.20 Å². The van der Waals surface area contributed by atoms with Gasteiger partial charge in [0.1, 0.15) is 5.60 Å². The molecule has 5 nitrogen and oxygen atoms in total. The number of nitrogens with one attached hydrogen (secondary N) is 1. The molecule has 1 aromatic heterocycles. The standard InChI is InChI=1S/C15H23N3O2.ClH/c1-15(2,3)20-14(19)18-9-10-8-12(16-11-4-5-11)6-7-13(10)17-18;/h9,11-12,16H,4-8H2,1-3H3;1H.